The number of benzene rings is 2. The molecule has 0 bridgehead atoms. The van der Waals surface area contributed by atoms with Crippen LogP contribution in [-0.4, -0.2) is 29.9 Å². The SMILES string of the molecule is COc1ccc([C@@H]2OC(c3cccc(Cl)c3)=NN2C(C)=O)cc1OC(C)=O. The Hall–Kier alpha value is -3.06. The topological polar surface area (TPSA) is 77.4 Å². The van der Waals surface area contributed by atoms with E-state index in [-0.39, 0.29) is 17.6 Å². The van der Waals surface area contributed by atoms with Gasteiger partial charge >= 0.3 is 5.97 Å². The maximum absolute atomic E-state index is 12.1. The maximum atomic E-state index is 12.1. The van der Waals surface area contributed by atoms with E-state index in [1.165, 1.54) is 26.0 Å². The first kappa shape index (κ1) is 18.7. The quantitative estimate of drug-likeness (QED) is 0.591. The van der Waals surface area contributed by atoms with Gasteiger partial charge in [-0.1, -0.05) is 17.7 Å². The van der Waals surface area contributed by atoms with Crippen LogP contribution < -0.4 is 9.47 Å². The summed E-state index contributed by atoms with van der Waals surface area (Å²) in [6.45, 7) is 2.68. The van der Waals surface area contributed by atoms with Gasteiger partial charge in [0.05, 0.1) is 7.11 Å². The van der Waals surface area contributed by atoms with Gasteiger partial charge in [0.25, 0.3) is 0 Å². The lowest BCUT2D eigenvalue weighted by molar-refractivity contribution is -0.135. The lowest BCUT2D eigenvalue weighted by Crippen LogP contribution is -2.25. The summed E-state index contributed by atoms with van der Waals surface area (Å²) in [5, 5.41) is 6.01. The molecule has 1 amide bonds. The summed E-state index contributed by atoms with van der Waals surface area (Å²) in [5.74, 6) is 0.0876. The highest BCUT2D eigenvalue weighted by Crippen LogP contribution is 2.36. The van der Waals surface area contributed by atoms with Crippen molar-refractivity contribution in [2.45, 2.75) is 20.1 Å². The van der Waals surface area contributed by atoms with Gasteiger partial charge in [-0.25, -0.2) is 0 Å². The van der Waals surface area contributed by atoms with E-state index < -0.39 is 12.2 Å². The number of rotatable bonds is 4. The Morgan fingerprint density at radius 1 is 1.15 bits per heavy atom. The lowest BCUT2D eigenvalue weighted by atomic mass is 10.1. The minimum absolute atomic E-state index is 0.228. The summed E-state index contributed by atoms with van der Waals surface area (Å²) in [5.41, 5.74) is 1.22. The second-order valence-corrected chi connectivity index (χ2v) is 6.19. The number of hydrogen-bond donors (Lipinski definition) is 0. The number of methoxy groups -OCH3 is 1. The molecule has 3 rings (SSSR count). The molecule has 0 radical (unpaired) electrons. The second-order valence-electron chi connectivity index (χ2n) is 5.75. The Labute approximate surface area is 161 Å². The molecule has 0 aromatic heterocycles. The number of carbonyl (C=O) groups excluding carboxylic acids is 2. The Morgan fingerprint density at radius 3 is 2.56 bits per heavy atom. The van der Waals surface area contributed by atoms with Crippen molar-refractivity contribution < 1.29 is 23.8 Å². The Morgan fingerprint density at radius 2 is 1.93 bits per heavy atom. The monoisotopic (exact) mass is 388 g/mol. The molecule has 8 heteroatoms. The first-order valence-electron chi connectivity index (χ1n) is 8.06. The molecule has 27 heavy (non-hydrogen) atoms. The van der Waals surface area contributed by atoms with Crippen LogP contribution in [0.4, 0.5) is 0 Å². The molecule has 0 aliphatic carbocycles. The third-order valence-corrected chi connectivity index (χ3v) is 4.00. The van der Waals surface area contributed by atoms with Crippen molar-refractivity contribution in [1.29, 1.82) is 0 Å². The predicted octanol–water partition coefficient (Wildman–Crippen LogP) is 3.51. The summed E-state index contributed by atoms with van der Waals surface area (Å²) < 4.78 is 16.3. The van der Waals surface area contributed by atoms with Crippen molar-refractivity contribution >= 4 is 29.4 Å². The second kappa shape index (κ2) is 7.67. The van der Waals surface area contributed by atoms with Crippen molar-refractivity contribution in [2.75, 3.05) is 7.11 Å². The van der Waals surface area contributed by atoms with E-state index in [4.69, 9.17) is 25.8 Å². The standard InChI is InChI=1S/C19H17ClN2O5/c1-11(23)22-19(27-18(21-22)13-5-4-6-15(20)9-13)14-7-8-16(25-3)17(10-14)26-12(2)24/h4-10,19H,1-3H3/t19-/m0/s1. The van der Waals surface area contributed by atoms with Gasteiger partial charge in [0, 0.05) is 30.0 Å². The average Bonchev–Trinajstić information content (AvgIpc) is 3.07. The third kappa shape index (κ3) is 4.03. The largest absolute Gasteiger partial charge is 0.493 e. The van der Waals surface area contributed by atoms with Crippen LogP contribution in [0.3, 0.4) is 0 Å². The molecule has 0 saturated carbocycles. The van der Waals surface area contributed by atoms with Crippen molar-refractivity contribution in [3.63, 3.8) is 0 Å². The molecule has 7 nitrogen and oxygen atoms in total. The van der Waals surface area contributed by atoms with E-state index in [1.54, 1.807) is 42.5 Å². The van der Waals surface area contributed by atoms with Crippen LogP contribution in [-0.2, 0) is 14.3 Å². The predicted molar refractivity (Wildman–Crippen MR) is 98.6 cm³/mol. The van der Waals surface area contributed by atoms with E-state index in [9.17, 15) is 9.59 Å². The molecule has 1 heterocycles. The first-order chi connectivity index (χ1) is 12.9. The van der Waals surface area contributed by atoms with Crippen LogP contribution in [0.15, 0.2) is 47.6 Å². The number of halogens is 1. The van der Waals surface area contributed by atoms with Crippen LogP contribution in [0.1, 0.15) is 31.2 Å². The minimum Gasteiger partial charge on any atom is -0.493 e. The average molecular weight is 389 g/mol. The van der Waals surface area contributed by atoms with E-state index in [0.29, 0.717) is 21.9 Å². The number of ether oxygens (including phenoxy) is 3. The molecule has 1 aliphatic heterocycles. The zero-order chi connectivity index (χ0) is 19.6. The van der Waals surface area contributed by atoms with Gasteiger partial charge in [0.2, 0.25) is 18.0 Å². The number of carbonyl (C=O) groups is 2. The first-order valence-corrected chi connectivity index (χ1v) is 8.44. The number of esters is 1. The van der Waals surface area contributed by atoms with Gasteiger partial charge in [0.1, 0.15) is 0 Å². The van der Waals surface area contributed by atoms with Gasteiger partial charge in [-0.3, -0.25) is 9.59 Å². The Kier molecular flexibility index (Phi) is 5.32. The summed E-state index contributed by atoms with van der Waals surface area (Å²) in [6.07, 6.45) is -0.809. The van der Waals surface area contributed by atoms with Crippen molar-refractivity contribution in [1.82, 2.24) is 5.01 Å². The van der Waals surface area contributed by atoms with Crippen LogP contribution in [0.2, 0.25) is 5.02 Å². The number of hydrogen-bond acceptors (Lipinski definition) is 6. The molecular formula is C19H17ClN2O5. The zero-order valence-corrected chi connectivity index (χ0v) is 15.7. The maximum Gasteiger partial charge on any atom is 0.308 e. The molecule has 0 N–H and O–H groups in total. The fraction of sp³-hybridized carbons (Fsp3) is 0.211. The molecular weight excluding hydrogens is 372 g/mol. The van der Waals surface area contributed by atoms with Crippen LogP contribution in [0.25, 0.3) is 0 Å². The van der Waals surface area contributed by atoms with Crippen molar-refractivity contribution in [3.05, 3.63) is 58.6 Å². The van der Waals surface area contributed by atoms with E-state index in [2.05, 4.69) is 5.10 Å². The van der Waals surface area contributed by atoms with Gasteiger partial charge in [-0.05, 0) is 36.4 Å². The highest BCUT2D eigenvalue weighted by Gasteiger charge is 2.33. The summed E-state index contributed by atoms with van der Waals surface area (Å²) in [6, 6.07) is 11.9. The molecule has 0 fully saturated rings. The highest BCUT2D eigenvalue weighted by molar-refractivity contribution is 6.31. The van der Waals surface area contributed by atoms with E-state index >= 15 is 0 Å². The Bertz CT molecular complexity index is 928. The van der Waals surface area contributed by atoms with Gasteiger partial charge < -0.3 is 14.2 Å². The fourth-order valence-electron chi connectivity index (χ4n) is 2.60. The zero-order valence-electron chi connectivity index (χ0n) is 14.9. The third-order valence-electron chi connectivity index (χ3n) is 3.76. The van der Waals surface area contributed by atoms with Crippen LogP contribution in [0, 0.1) is 0 Å². The number of nitrogens with zero attached hydrogens (tertiary/aromatic N) is 2. The summed E-state index contributed by atoms with van der Waals surface area (Å²) in [4.78, 5) is 23.4. The molecule has 2 aromatic carbocycles. The minimum atomic E-state index is -0.809. The van der Waals surface area contributed by atoms with Gasteiger partial charge in [0.15, 0.2) is 11.5 Å². The number of amides is 1. The fourth-order valence-corrected chi connectivity index (χ4v) is 2.79. The molecule has 0 unspecified atom stereocenters. The van der Waals surface area contributed by atoms with E-state index in [0.717, 1.165) is 0 Å². The molecule has 1 aliphatic rings. The molecule has 1 atom stereocenters. The number of hydrazone groups is 1. The lowest BCUT2D eigenvalue weighted by Gasteiger charge is -2.20. The van der Waals surface area contributed by atoms with E-state index in [1.807, 2.05) is 0 Å². The highest BCUT2D eigenvalue weighted by atomic mass is 35.5. The summed E-state index contributed by atoms with van der Waals surface area (Å²) >= 11 is 6.02. The Balaban J connectivity index is 1.96. The molecule has 0 saturated heterocycles. The normalized spacial score (nSPS) is 15.8. The summed E-state index contributed by atoms with van der Waals surface area (Å²) in [7, 11) is 1.47. The molecule has 140 valence electrons. The van der Waals surface area contributed by atoms with Gasteiger partial charge in [-0.2, -0.15) is 5.01 Å². The smallest absolute Gasteiger partial charge is 0.308 e. The molecule has 0 spiro atoms. The van der Waals surface area contributed by atoms with Crippen LogP contribution >= 0.6 is 11.6 Å². The van der Waals surface area contributed by atoms with Gasteiger partial charge in [-0.15, -0.1) is 5.10 Å². The van der Waals surface area contributed by atoms with Crippen molar-refractivity contribution in [3.8, 4) is 11.5 Å². The van der Waals surface area contributed by atoms with Crippen molar-refractivity contribution in [2.24, 2.45) is 5.10 Å². The molecule has 2 aromatic rings. The van der Waals surface area contributed by atoms with Crippen LogP contribution in [0.5, 0.6) is 11.5 Å².